The zero-order chi connectivity index (χ0) is 15.2. The molecule has 0 aliphatic carbocycles. The third-order valence-corrected chi connectivity index (χ3v) is 2.87. The summed E-state index contributed by atoms with van der Waals surface area (Å²) < 4.78 is 0. The Balaban J connectivity index is 2.88. The Morgan fingerprint density at radius 1 is 1.30 bits per heavy atom. The van der Waals surface area contributed by atoms with Gasteiger partial charge in [-0.1, -0.05) is 50.8 Å². The highest BCUT2D eigenvalue weighted by molar-refractivity contribution is 5.81. The van der Waals surface area contributed by atoms with Crippen LogP contribution < -0.4 is 0 Å². The number of carbonyl (C=O) groups excluding carboxylic acids is 1. The van der Waals surface area contributed by atoms with Gasteiger partial charge in [-0.15, -0.1) is 0 Å². The molecular formula is C17H23NO2. The van der Waals surface area contributed by atoms with Crippen LogP contribution in [0.4, 0.5) is 0 Å². The van der Waals surface area contributed by atoms with Gasteiger partial charge in [0.1, 0.15) is 0 Å². The minimum Gasteiger partial charge on any atom is -0.395 e. The molecule has 3 nitrogen and oxygen atoms in total. The highest BCUT2D eigenvalue weighted by Gasteiger charge is 2.25. The van der Waals surface area contributed by atoms with Crippen molar-refractivity contribution in [3.63, 3.8) is 0 Å². The first-order valence-electron chi connectivity index (χ1n) is 6.79. The van der Waals surface area contributed by atoms with Crippen molar-refractivity contribution in [1.29, 1.82) is 0 Å². The largest absolute Gasteiger partial charge is 0.395 e. The average Bonchev–Trinajstić information content (AvgIpc) is 2.39. The summed E-state index contributed by atoms with van der Waals surface area (Å²) in [5.74, 6) is 6.08. The number of amides is 1. The number of benzene rings is 1. The molecule has 1 rings (SSSR count). The molecule has 0 saturated heterocycles. The molecule has 1 aromatic carbocycles. The molecule has 0 radical (unpaired) electrons. The van der Waals surface area contributed by atoms with E-state index in [2.05, 4.69) is 11.8 Å². The molecule has 0 saturated carbocycles. The fourth-order valence-corrected chi connectivity index (χ4v) is 1.89. The number of hydrogen-bond donors (Lipinski definition) is 1. The van der Waals surface area contributed by atoms with Crippen LogP contribution in [0.3, 0.4) is 0 Å². The summed E-state index contributed by atoms with van der Waals surface area (Å²) in [6.07, 6.45) is 0.463. The lowest BCUT2D eigenvalue weighted by atomic mass is 9.94. The van der Waals surface area contributed by atoms with Crippen molar-refractivity contribution in [2.24, 2.45) is 5.41 Å². The number of aliphatic hydroxyl groups is 1. The van der Waals surface area contributed by atoms with Crippen LogP contribution >= 0.6 is 0 Å². The second kappa shape index (κ2) is 7.12. The van der Waals surface area contributed by atoms with Crippen molar-refractivity contribution in [2.75, 3.05) is 13.7 Å². The summed E-state index contributed by atoms with van der Waals surface area (Å²) >= 11 is 0. The number of nitrogens with zero attached hydrogens (tertiary/aromatic N) is 1. The van der Waals surface area contributed by atoms with Gasteiger partial charge >= 0.3 is 0 Å². The van der Waals surface area contributed by atoms with Gasteiger partial charge in [0.25, 0.3) is 0 Å². The van der Waals surface area contributed by atoms with Crippen molar-refractivity contribution >= 4 is 5.91 Å². The smallest absolute Gasteiger partial charge is 0.227 e. The van der Waals surface area contributed by atoms with Crippen molar-refractivity contribution in [1.82, 2.24) is 4.90 Å². The minimum absolute atomic E-state index is 0.0670. The maximum Gasteiger partial charge on any atom is 0.227 e. The molecule has 0 aromatic heterocycles. The molecule has 0 heterocycles. The molecule has 1 aromatic rings. The van der Waals surface area contributed by atoms with Crippen molar-refractivity contribution in [2.45, 2.75) is 33.7 Å². The molecule has 0 unspecified atom stereocenters. The number of hydrogen-bond acceptors (Lipinski definition) is 2. The average molecular weight is 273 g/mol. The van der Waals surface area contributed by atoms with E-state index < -0.39 is 0 Å². The summed E-state index contributed by atoms with van der Waals surface area (Å²) in [7, 11) is 1.81. The Kier molecular flexibility index (Phi) is 5.79. The molecule has 0 aliphatic rings. The Labute approximate surface area is 121 Å². The fourth-order valence-electron chi connectivity index (χ4n) is 1.89. The van der Waals surface area contributed by atoms with E-state index in [1.807, 2.05) is 52.1 Å². The molecule has 20 heavy (non-hydrogen) atoms. The molecule has 3 heteroatoms. The standard InChI is InChI=1S/C17H23NO2/c1-17(2,3)16(20)18(4)13-15-11-6-5-9-14(15)10-7-8-12-19/h5-6,9,11,19H,8,12-13H2,1-4H3. The molecule has 0 atom stereocenters. The van der Waals surface area contributed by atoms with Crippen LogP contribution in [0.15, 0.2) is 24.3 Å². The fraction of sp³-hybridized carbons (Fsp3) is 0.471. The SMILES string of the molecule is CN(Cc1ccccc1C#CCCO)C(=O)C(C)(C)C. The maximum atomic E-state index is 12.2. The van der Waals surface area contributed by atoms with E-state index in [0.717, 1.165) is 11.1 Å². The molecule has 0 spiro atoms. The van der Waals surface area contributed by atoms with E-state index in [1.54, 1.807) is 4.90 Å². The van der Waals surface area contributed by atoms with Crippen molar-refractivity contribution in [3.8, 4) is 11.8 Å². The molecule has 0 fully saturated rings. The summed E-state index contributed by atoms with van der Waals surface area (Å²) in [5.41, 5.74) is 1.55. The van der Waals surface area contributed by atoms with Crippen molar-refractivity contribution in [3.05, 3.63) is 35.4 Å². The lowest BCUT2D eigenvalue weighted by Crippen LogP contribution is -2.36. The van der Waals surface area contributed by atoms with Gasteiger partial charge in [0.15, 0.2) is 0 Å². The first kappa shape index (κ1) is 16.3. The van der Waals surface area contributed by atoms with Crippen LogP contribution in [-0.4, -0.2) is 29.6 Å². The maximum absolute atomic E-state index is 12.2. The van der Waals surface area contributed by atoms with Crippen LogP contribution in [0, 0.1) is 17.3 Å². The molecule has 1 N–H and O–H groups in total. The van der Waals surface area contributed by atoms with Gasteiger partial charge in [-0.05, 0) is 11.6 Å². The third kappa shape index (κ3) is 4.71. The topological polar surface area (TPSA) is 40.5 Å². The van der Waals surface area contributed by atoms with Gasteiger partial charge in [0.2, 0.25) is 5.91 Å². The molecule has 0 bridgehead atoms. The van der Waals surface area contributed by atoms with Crippen LogP contribution in [-0.2, 0) is 11.3 Å². The van der Waals surface area contributed by atoms with Gasteiger partial charge in [-0.2, -0.15) is 0 Å². The Bertz CT molecular complexity index is 518. The third-order valence-electron chi connectivity index (χ3n) is 2.87. The first-order chi connectivity index (χ1) is 9.36. The van der Waals surface area contributed by atoms with Crippen LogP contribution in [0.1, 0.15) is 38.3 Å². The molecular weight excluding hydrogens is 250 g/mol. The van der Waals surface area contributed by atoms with E-state index in [0.29, 0.717) is 13.0 Å². The highest BCUT2D eigenvalue weighted by atomic mass is 16.2. The van der Waals surface area contributed by atoms with Crippen LogP contribution in [0.5, 0.6) is 0 Å². The number of aliphatic hydroxyl groups excluding tert-OH is 1. The van der Waals surface area contributed by atoms with Gasteiger partial charge in [-0.25, -0.2) is 0 Å². The predicted octanol–water partition coefficient (Wildman–Crippen LogP) is 2.43. The summed E-state index contributed by atoms with van der Waals surface area (Å²) in [4.78, 5) is 13.9. The van der Waals surface area contributed by atoms with Crippen LogP contribution in [0.25, 0.3) is 0 Å². The predicted molar refractivity (Wildman–Crippen MR) is 81.0 cm³/mol. The molecule has 108 valence electrons. The normalized spacial score (nSPS) is 10.7. The van der Waals surface area contributed by atoms with Gasteiger partial charge in [0.05, 0.1) is 6.61 Å². The monoisotopic (exact) mass is 273 g/mol. The lowest BCUT2D eigenvalue weighted by Gasteiger charge is -2.26. The lowest BCUT2D eigenvalue weighted by molar-refractivity contribution is -0.138. The van der Waals surface area contributed by atoms with Gasteiger partial charge in [-0.3, -0.25) is 4.79 Å². The van der Waals surface area contributed by atoms with E-state index in [9.17, 15) is 4.79 Å². The zero-order valence-corrected chi connectivity index (χ0v) is 12.7. The molecule has 1 amide bonds. The van der Waals surface area contributed by atoms with Crippen molar-refractivity contribution < 1.29 is 9.90 Å². The second-order valence-electron chi connectivity index (χ2n) is 5.84. The highest BCUT2D eigenvalue weighted by Crippen LogP contribution is 2.19. The van der Waals surface area contributed by atoms with E-state index in [4.69, 9.17) is 5.11 Å². The number of rotatable bonds is 3. The van der Waals surface area contributed by atoms with Gasteiger partial charge in [0, 0.05) is 31.0 Å². The summed E-state index contributed by atoms with van der Waals surface area (Å²) in [6, 6.07) is 7.80. The summed E-state index contributed by atoms with van der Waals surface area (Å²) in [5, 5.41) is 8.77. The van der Waals surface area contributed by atoms with E-state index >= 15 is 0 Å². The van der Waals surface area contributed by atoms with E-state index in [1.165, 1.54) is 0 Å². The Morgan fingerprint density at radius 2 is 1.95 bits per heavy atom. The quantitative estimate of drug-likeness (QED) is 0.859. The summed E-state index contributed by atoms with van der Waals surface area (Å²) in [6.45, 7) is 6.36. The minimum atomic E-state index is -0.383. The van der Waals surface area contributed by atoms with Crippen LogP contribution in [0.2, 0.25) is 0 Å². The Morgan fingerprint density at radius 3 is 2.55 bits per heavy atom. The zero-order valence-electron chi connectivity index (χ0n) is 12.7. The first-order valence-corrected chi connectivity index (χ1v) is 6.79. The number of carbonyl (C=O) groups is 1. The van der Waals surface area contributed by atoms with Gasteiger partial charge < -0.3 is 10.0 Å². The second-order valence-corrected chi connectivity index (χ2v) is 5.84. The molecule has 0 aliphatic heterocycles. The Hall–Kier alpha value is -1.79. The van der Waals surface area contributed by atoms with E-state index in [-0.39, 0.29) is 17.9 Å².